The minimum atomic E-state index is -0.631. The number of Topliss-reactive ketones (excluding diaryl/α,β-unsaturated/α-hetero) is 1. The summed E-state index contributed by atoms with van der Waals surface area (Å²) in [4.78, 5) is 22.6. The topological polar surface area (TPSA) is 72.2 Å². The third-order valence-electron chi connectivity index (χ3n) is 3.12. The van der Waals surface area contributed by atoms with Crippen molar-refractivity contribution in [3.05, 3.63) is 81.5 Å². The zero-order chi connectivity index (χ0) is 14.1. The molecule has 0 heterocycles. The van der Waals surface area contributed by atoms with E-state index < -0.39 is 16.4 Å². The number of nitrogens with one attached hydrogen (secondary N) is 1. The van der Waals surface area contributed by atoms with Gasteiger partial charge in [0.2, 0.25) is 0 Å². The molecule has 2 aromatic rings. The van der Waals surface area contributed by atoms with Gasteiger partial charge < -0.3 is 5.32 Å². The number of nitro groups is 1. The van der Waals surface area contributed by atoms with Crippen LogP contribution in [-0.4, -0.2) is 10.7 Å². The van der Waals surface area contributed by atoms with Crippen LogP contribution < -0.4 is 5.32 Å². The summed E-state index contributed by atoms with van der Waals surface area (Å²) in [6.07, 6.45) is 0. The molecule has 0 aromatic heterocycles. The number of para-hydroxylation sites is 1. The summed E-state index contributed by atoms with van der Waals surface area (Å²) in [5, 5.41) is 14.1. The molecule has 0 saturated heterocycles. The van der Waals surface area contributed by atoms with Crippen molar-refractivity contribution in [2.24, 2.45) is 0 Å². The van der Waals surface area contributed by atoms with Crippen molar-refractivity contribution in [1.29, 1.82) is 0 Å². The second-order valence-corrected chi connectivity index (χ2v) is 4.35. The van der Waals surface area contributed by atoms with Crippen LogP contribution in [0.1, 0.15) is 15.9 Å². The van der Waals surface area contributed by atoms with E-state index in [-0.39, 0.29) is 5.70 Å². The second-order valence-electron chi connectivity index (χ2n) is 4.35. The fourth-order valence-electron chi connectivity index (χ4n) is 2.23. The van der Waals surface area contributed by atoms with Gasteiger partial charge >= 0.3 is 5.70 Å². The van der Waals surface area contributed by atoms with Gasteiger partial charge in [0.05, 0.1) is 4.92 Å². The van der Waals surface area contributed by atoms with E-state index in [1.165, 1.54) is 0 Å². The number of allylic oxidation sites excluding steroid dienone is 1. The summed E-state index contributed by atoms with van der Waals surface area (Å²) in [5.74, 6) is -0.552. The maximum absolute atomic E-state index is 12.1. The molecule has 0 bridgehead atoms. The summed E-state index contributed by atoms with van der Waals surface area (Å²) in [6.45, 7) is 0. The first-order valence-electron chi connectivity index (χ1n) is 6.03. The Morgan fingerprint density at radius 2 is 1.50 bits per heavy atom. The Kier molecular flexibility index (Phi) is 2.80. The van der Waals surface area contributed by atoms with Crippen LogP contribution in [0, 0.1) is 10.1 Å². The fourth-order valence-corrected chi connectivity index (χ4v) is 2.23. The zero-order valence-electron chi connectivity index (χ0n) is 10.4. The van der Waals surface area contributed by atoms with Crippen LogP contribution in [0.5, 0.6) is 0 Å². The third kappa shape index (κ3) is 1.85. The Morgan fingerprint density at radius 3 is 2.15 bits per heavy atom. The first-order valence-corrected chi connectivity index (χ1v) is 6.03. The van der Waals surface area contributed by atoms with Crippen molar-refractivity contribution in [3.8, 4) is 0 Å². The predicted octanol–water partition coefficient (Wildman–Crippen LogP) is 2.94. The molecule has 0 aliphatic heterocycles. The standard InChI is InChI=1S/C15H10N2O3/c18-15-12-9-5-4-8-11(12)13(14(15)17(19)20)16-10-6-2-1-3-7-10/h1-9,16H. The van der Waals surface area contributed by atoms with E-state index in [1.807, 2.05) is 18.2 Å². The van der Waals surface area contributed by atoms with Crippen molar-refractivity contribution in [2.45, 2.75) is 0 Å². The Balaban J connectivity index is 2.13. The molecule has 0 saturated carbocycles. The highest BCUT2D eigenvalue weighted by Gasteiger charge is 2.38. The summed E-state index contributed by atoms with van der Waals surface area (Å²) in [5.41, 5.74) is 1.47. The van der Waals surface area contributed by atoms with E-state index in [0.717, 1.165) is 0 Å². The van der Waals surface area contributed by atoms with Gasteiger partial charge in [-0.1, -0.05) is 42.5 Å². The van der Waals surface area contributed by atoms with Crippen LogP contribution in [0.15, 0.2) is 60.3 Å². The van der Waals surface area contributed by atoms with Crippen LogP contribution in [-0.2, 0) is 0 Å². The minimum Gasteiger partial charge on any atom is -0.349 e. The molecule has 5 heteroatoms. The number of hydrogen-bond acceptors (Lipinski definition) is 4. The van der Waals surface area contributed by atoms with Gasteiger partial charge in [0.15, 0.2) is 0 Å². The number of rotatable bonds is 3. The zero-order valence-corrected chi connectivity index (χ0v) is 10.4. The van der Waals surface area contributed by atoms with E-state index in [0.29, 0.717) is 16.8 Å². The number of benzene rings is 2. The quantitative estimate of drug-likeness (QED) is 0.684. The Labute approximate surface area is 114 Å². The molecule has 1 N–H and O–H groups in total. The highest BCUT2D eigenvalue weighted by atomic mass is 16.6. The molecule has 1 aliphatic carbocycles. The van der Waals surface area contributed by atoms with E-state index in [4.69, 9.17) is 0 Å². The number of fused-ring (bicyclic) bond motifs is 1. The van der Waals surface area contributed by atoms with Crippen molar-refractivity contribution in [1.82, 2.24) is 0 Å². The maximum atomic E-state index is 12.1. The van der Waals surface area contributed by atoms with Gasteiger partial charge in [0, 0.05) is 16.8 Å². The molecule has 0 atom stereocenters. The number of ketones is 1. The van der Waals surface area contributed by atoms with E-state index >= 15 is 0 Å². The van der Waals surface area contributed by atoms with Gasteiger partial charge in [-0.3, -0.25) is 14.9 Å². The van der Waals surface area contributed by atoms with Crippen molar-refractivity contribution in [3.63, 3.8) is 0 Å². The monoisotopic (exact) mass is 266 g/mol. The lowest BCUT2D eigenvalue weighted by Crippen LogP contribution is -2.10. The Hall–Kier alpha value is -2.95. The maximum Gasteiger partial charge on any atom is 0.340 e. The van der Waals surface area contributed by atoms with E-state index in [1.54, 1.807) is 36.4 Å². The molecule has 0 unspecified atom stereocenters. The highest BCUT2D eigenvalue weighted by Crippen LogP contribution is 2.33. The number of anilines is 1. The van der Waals surface area contributed by atoms with Crippen molar-refractivity contribution < 1.29 is 9.72 Å². The Bertz CT molecular complexity index is 736. The van der Waals surface area contributed by atoms with Crippen LogP contribution in [0.3, 0.4) is 0 Å². The summed E-state index contributed by atoms with van der Waals surface area (Å²) in [6, 6.07) is 15.8. The second kappa shape index (κ2) is 4.62. The number of carbonyl (C=O) groups excluding carboxylic acids is 1. The lowest BCUT2D eigenvalue weighted by Gasteiger charge is -2.07. The molecule has 1 aliphatic rings. The molecule has 3 rings (SSSR count). The number of hydrogen-bond donors (Lipinski definition) is 1. The predicted molar refractivity (Wildman–Crippen MR) is 74.8 cm³/mol. The molecule has 5 nitrogen and oxygen atoms in total. The van der Waals surface area contributed by atoms with Crippen LogP contribution >= 0.6 is 0 Å². The van der Waals surface area contributed by atoms with Crippen molar-refractivity contribution in [2.75, 3.05) is 5.32 Å². The lowest BCUT2D eigenvalue weighted by molar-refractivity contribution is -0.415. The van der Waals surface area contributed by atoms with Gasteiger partial charge in [0.25, 0.3) is 5.78 Å². The third-order valence-corrected chi connectivity index (χ3v) is 3.12. The molecule has 0 fully saturated rings. The van der Waals surface area contributed by atoms with Crippen molar-refractivity contribution >= 4 is 17.2 Å². The summed E-state index contributed by atoms with van der Waals surface area (Å²) < 4.78 is 0. The van der Waals surface area contributed by atoms with Gasteiger partial charge in [-0.2, -0.15) is 0 Å². The Morgan fingerprint density at radius 1 is 0.900 bits per heavy atom. The molecule has 98 valence electrons. The molecule has 20 heavy (non-hydrogen) atoms. The smallest absolute Gasteiger partial charge is 0.340 e. The fraction of sp³-hybridized carbons (Fsp3) is 0. The SMILES string of the molecule is O=C1C([N+](=O)[O-])=C(Nc2ccccc2)c2ccccc21. The first kappa shape index (κ1) is 12.1. The molecular weight excluding hydrogens is 256 g/mol. The first-order chi connectivity index (χ1) is 9.68. The normalized spacial score (nSPS) is 13.3. The highest BCUT2D eigenvalue weighted by molar-refractivity contribution is 6.20. The van der Waals surface area contributed by atoms with Gasteiger partial charge in [-0.05, 0) is 12.1 Å². The average Bonchev–Trinajstić information content (AvgIpc) is 2.74. The van der Waals surface area contributed by atoms with Gasteiger partial charge in [0.1, 0.15) is 5.70 Å². The summed E-state index contributed by atoms with van der Waals surface area (Å²) in [7, 11) is 0. The molecule has 2 aromatic carbocycles. The lowest BCUT2D eigenvalue weighted by atomic mass is 10.1. The average molecular weight is 266 g/mol. The van der Waals surface area contributed by atoms with Crippen LogP contribution in [0.25, 0.3) is 5.70 Å². The molecule has 0 radical (unpaired) electrons. The molecule has 0 spiro atoms. The van der Waals surface area contributed by atoms with Gasteiger partial charge in [-0.25, -0.2) is 0 Å². The number of carbonyl (C=O) groups is 1. The molecule has 0 amide bonds. The van der Waals surface area contributed by atoms with E-state index in [2.05, 4.69) is 5.32 Å². The largest absolute Gasteiger partial charge is 0.349 e. The minimum absolute atomic E-state index is 0.252. The van der Waals surface area contributed by atoms with Crippen LogP contribution in [0.4, 0.5) is 5.69 Å². The van der Waals surface area contributed by atoms with Crippen LogP contribution in [0.2, 0.25) is 0 Å². The molecular formula is C15H10N2O3. The van der Waals surface area contributed by atoms with E-state index in [9.17, 15) is 14.9 Å². The summed E-state index contributed by atoms with van der Waals surface area (Å²) >= 11 is 0. The van der Waals surface area contributed by atoms with Gasteiger partial charge in [-0.15, -0.1) is 0 Å². The number of nitrogens with zero attached hydrogens (tertiary/aromatic N) is 1.